The van der Waals surface area contributed by atoms with Crippen LogP contribution in [0, 0.1) is 0 Å². The van der Waals surface area contributed by atoms with Crippen molar-refractivity contribution in [3.05, 3.63) is 36.2 Å². The van der Waals surface area contributed by atoms with Crippen LogP contribution >= 0.6 is 0 Å². The SMILES string of the molecule is COCCOCC(=O)N[C@H](Cc1cnc2ccccc2n1)C(N)=O. The Bertz CT molecular complexity index is 707. The number of ether oxygens (including phenoxy) is 2. The number of hydrogen-bond acceptors (Lipinski definition) is 6. The third-order valence-corrected chi connectivity index (χ3v) is 3.26. The highest BCUT2D eigenvalue weighted by atomic mass is 16.5. The molecule has 0 unspecified atom stereocenters. The first-order valence-electron chi connectivity index (χ1n) is 7.46. The van der Waals surface area contributed by atoms with Gasteiger partial charge in [0.2, 0.25) is 11.8 Å². The Labute approximate surface area is 139 Å². The molecule has 1 atom stereocenters. The standard InChI is InChI=1S/C16H20N4O4/c1-23-6-7-24-10-15(21)20-14(16(17)22)8-11-9-18-12-4-2-3-5-13(12)19-11/h2-5,9,14H,6-8,10H2,1H3,(H2,17,22)(H,20,21)/t14-/m1/s1. The third-order valence-electron chi connectivity index (χ3n) is 3.26. The van der Waals surface area contributed by atoms with Gasteiger partial charge in [0.15, 0.2) is 0 Å². The summed E-state index contributed by atoms with van der Waals surface area (Å²) < 4.78 is 9.92. The van der Waals surface area contributed by atoms with Crippen LogP contribution in [0.5, 0.6) is 0 Å². The zero-order chi connectivity index (χ0) is 17.4. The summed E-state index contributed by atoms with van der Waals surface area (Å²) in [4.78, 5) is 32.1. The van der Waals surface area contributed by atoms with Crippen LogP contribution in [0.3, 0.4) is 0 Å². The number of para-hydroxylation sites is 2. The number of primary amides is 1. The third kappa shape index (κ3) is 5.25. The van der Waals surface area contributed by atoms with Crippen molar-refractivity contribution in [1.29, 1.82) is 0 Å². The molecule has 0 bridgehead atoms. The van der Waals surface area contributed by atoms with Crippen molar-refractivity contribution in [3.8, 4) is 0 Å². The van der Waals surface area contributed by atoms with Gasteiger partial charge < -0.3 is 20.5 Å². The summed E-state index contributed by atoms with van der Waals surface area (Å²) in [6.07, 6.45) is 1.73. The molecule has 1 aromatic carbocycles. The zero-order valence-corrected chi connectivity index (χ0v) is 13.4. The van der Waals surface area contributed by atoms with Crippen molar-refractivity contribution in [3.63, 3.8) is 0 Å². The van der Waals surface area contributed by atoms with E-state index in [-0.39, 0.29) is 13.0 Å². The Morgan fingerprint density at radius 2 is 2.00 bits per heavy atom. The minimum absolute atomic E-state index is 0.164. The van der Waals surface area contributed by atoms with E-state index in [2.05, 4.69) is 15.3 Å². The van der Waals surface area contributed by atoms with E-state index in [0.717, 1.165) is 5.52 Å². The molecule has 0 spiro atoms. The number of amides is 2. The molecule has 1 aromatic heterocycles. The normalized spacial score (nSPS) is 12.0. The number of fused-ring (bicyclic) bond motifs is 1. The summed E-state index contributed by atoms with van der Waals surface area (Å²) in [5, 5.41) is 2.54. The molecule has 8 nitrogen and oxygen atoms in total. The van der Waals surface area contributed by atoms with Crippen molar-refractivity contribution in [2.45, 2.75) is 12.5 Å². The van der Waals surface area contributed by atoms with Crippen LogP contribution in [-0.4, -0.2) is 54.8 Å². The highest BCUT2D eigenvalue weighted by molar-refractivity contribution is 5.87. The molecule has 128 valence electrons. The Morgan fingerprint density at radius 1 is 1.25 bits per heavy atom. The van der Waals surface area contributed by atoms with E-state index in [0.29, 0.717) is 24.4 Å². The van der Waals surface area contributed by atoms with Gasteiger partial charge in [0.05, 0.1) is 29.9 Å². The van der Waals surface area contributed by atoms with E-state index in [1.807, 2.05) is 24.3 Å². The van der Waals surface area contributed by atoms with E-state index in [1.54, 1.807) is 6.20 Å². The van der Waals surface area contributed by atoms with E-state index in [1.165, 1.54) is 7.11 Å². The van der Waals surface area contributed by atoms with Crippen molar-refractivity contribution >= 4 is 22.8 Å². The van der Waals surface area contributed by atoms with Crippen molar-refractivity contribution < 1.29 is 19.1 Å². The Balaban J connectivity index is 1.96. The topological polar surface area (TPSA) is 116 Å². The molecule has 0 aliphatic heterocycles. The molecule has 0 saturated heterocycles. The summed E-state index contributed by atoms with van der Waals surface area (Å²) in [6.45, 7) is 0.511. The van der Waals surface area contributed by atoms with E-state index >= 15 is 0 Å². The predicted octanol–water partition coefficient (Wildman–Crippen LogP) is -0.195. The second kappa shape index (κ2) is 8.90. The maximum atomic E-state index is 11.8. The summed E-state index contributed by atoms with van der Waals surface area (Å²) in [5.74, 6) is -1.07. The maximum absolute atomic E-state index is 11.8. The number of carbonyl (C=O) groups excluding carboxylic acids is 2. The quantitative estimate of drug-likeness (QED) is 0.615. The van der Waals surface area contributed by atoms with Gasteiger partial charge in [-0.15, -0.1) is 0 Å². The first-order valence-corrected chi connectivity index (χ1v) is 7.46. The van der Waals surface area contributed by atoms with Crippen molar-refractivity contribution in [1.82, 2.24) is 15.3 Å². The van der Waals surface area contributed by atoms with Gasteiger partial charge in [0.25, 0.3) is 0 Å². The number of nitrogens with zero attached hydrogens (tertiary/aromatic N) is 2. The molecule has 24 heavy (non-hydrogen) atoms. The van der Waals surface area contributed by atoms with E-state index in [9.17, 15) is 9.59 Å². The van der Waals surface area contributed by atoms with Gasteiger partial charge in [0, 0.05) is 19.7 Å². The number of carbonyl (C=O) groups is 2. The second-order valence-electron chi connectivity index (χ2n) is 5.12. The molecule has 0 fully saturated rings. The molecule has 2 aromatic rings. The molecule has 0 aliphatic rings. The highest BCUT2D eigenvalue weighted by Crippen LogP contribution is 2.09. The number of nitrogens with two attached hydrogens (primary N) is 1. The number of nitrogens with one attached hydrogen (secondary N) is 1. The minimum Gasteiger partial charge on any atom is -0.382 e. The first kappa shape index (κ1) is 17.8. The highest BCUT2D eigenvalue weighted by Gasteiger charge is 2.19. The van der Waals surface area contributed by atoms with Crippen molar-refractivity contribution in [2.24, 2.45) is 5.73 Å². The molecule has 0 radical (unpaired) electrons. The van der Waals surface area contributed by atoms with Gasteiger partial charge >= 0.3 is 0 Å². The Kier molecular flexibility index (Phi) is 6.59. The van der Waals surface area contributed by atoms with E-state index < -0.39 is 17.9 Å². The fourth-order valence-corrected chi connectivity index (χ4v) is 2.07. The lowest BCUT2D eigenvalue weighted by atomic mass is 10.1. The van der Waals surface area contributed by atoms with E-state index in [4.69, 9.17) is 15.2 Å². The Morgan fingerprint density at radius 3 is 2.71 bits per heavy atom. The molecule has 0 aliphatic carbocycles. The number of aromatic nitrogens is 2. The van der Waals surface area contributed by atoms with Crippen LogP contribution in [0.1, 0.15) is 5.69 Å². The predicted molar refractivity (Wildman–Crippen MR) is 87.1 cm³/mol. The fourth-order valence-electron chi connectivity index (χ4n) is 2.07. The summed E-state index contributed by atoms with van der Waals surface area (Å²) in [7, 11) is 1.54. The molecule has 3 N–H and O–H groups in total. The van der Waals surface area contributed by atoms with Crippen LogP contribution in [-0.2, 0) is 25.5 Å². The van der Waals surface area contributed by atoms with Crippen molar-refractivity contribution in [2.75, 3.05) is 26.9 Å². The first-order chi connectivity index (χ1) is 11.6. The lowest BCUT2D eigenvalue weighted by molar-refractivity contribution is -0.130. The average molecular weight is 332 g/mol. The number of hydrogen-bond donors (Lipinski definition) is 2. The zero-order valence-electron chi connectivity index (χ0n) is 13.4. The summed E-state index contributed by atoms with van der Waals surface area (Å²) in [6, 6.07) is 6.52. The second-order valence-corrected chi connectivity index (χ2v) is 5.12. The van der Waals surface area contributed by atoms with Gasteiger partial charge in [-0.05, 0) is 12.1 Å². The fraction of sp³-hybridized carbons (Fsp3) is 0.375. The summed E-state index contributed by atoms with van der Waals surface area (Å²) >= 11 is 0. The minimum atomic E-state index is -0.876. The molecule has 0 saturated carbocycles. The summed E-state index contributed by atoms with van der Waals surface area (Å²) in [5.41, 5.74) is 7.40. The largest absolute Gasteiger partial charge is 0.382 e. The monoisotopic (exact) mass is 332 g/mol. The molecular weight excluding hydrogens is 312 g/mol. The smallest absolute Gasteiger partial charge is 0.246 e. The lowest BCUT2D eigenvalue weighted by Gasteiger charge is -2.15. The van der Waals surface area contributed by atoms with Crippen LogP contribution in [0.25, 0.3) is 11.0 Å². The van der Waals surface area contributed by atoms with Crippen LogP contribution in [0.4, 0.5) is 0 Å². The molecule has 2 amide bonds. The van der Waals surface area contributed by atoms with Crippen LogP contribution < -0.4 is 11.1 Å². The van der Waals surface area contributed by atoms with Gasteiger partial charge in [-0.3, -0.25) is 14.6 Å². The van der Waals surface area contributed by atoms with Gasteiger partial charge in [-0.25, -0.2) is 4.98 Å². The number of benzene rings is 1. The molecular formula is C16H20N4O4. The van der Waals surface area contributed by atoms with Gasteiger partial charge in [0.1, 0.15) is 12.6 Å². The maximum Gasteiger partial charge on any atom is 0.246 e. The van der Waals surface area contributed by atoms with Crippen LogP contribution in [0.15, 0.2) is 30.5 Å². The molecule has 1 heterocycles. The lowest BCUT2D eigenvalue weighted by Crippen LogP contribution is -2.47. The van der Waals surface area contributed by atoms with Gasteiger partial charge in [-0.1, -0.05) is 12.1 Å². The number of methoxy groups -OCH3 is 1. The Hall–Kier alpha value is -2.58. The van der Waals surface area contributed by atoms with Crippen LogP contribution in [0.2, 0.25) is 0 Å². The number of rotatable bonds is 9. The van der Waals surface area contributed by atoms with Gasteiger partial charge in [-0.2, -0.15) is 0 Å². The average Bonchev–Trinajstić information content (AvgIpc) is 2.58. The molecule has 8 heteroatoms. The molecule has 2 rings (SSSR count).